The van der Waals surface area contributed by atoms with Crippen molar-refractivity contribution in [3.8, 4) is 5.75 Å². The van der Waals surface area contributed by atoms with Gasteiger partial charge in [-0.15, -0.1) is 0 Å². The van der Waals surface area contributed by atoms with E-state index in [4.69, 9.17) is 10.5 Å². The van der Waals surface area contributed by atoms with Gasteiger partial charge >= 0.3 is 0 Å². The van der Waals surface area contributed by atoms with E-state index < -0.39 is 0 Å². The Labute approximate surface area is 109 Å². The molecule has 0 radical (unpaired) electrons. The molecule has 0 fully saturated rings. The van der Waals surface area contributed by atoms with E-state index in [0.29, 0.717) is 13.0 Å². The monoisotopic (exact) mass is 250 g/mol. The molecule has 0 saturated heterocycles. The number of nitrogens with two attached hydrogens (primary N) is 1. The first-order valence-corrected chi connectivity index (χ1v) is 6.28. The first kappa shape index (κ1) is 14.5. The predicted octanol–water partition coefficient (Wildman–Crippen LogP) is 1.48. The highest BCUT2D eigenvalue weighted by molar-refractivity contribution is 5.78. The van der Waals surface area contributed by atoms with Crippen LogP contribution in [0.2, 0.25) is 0 Å². The third-order valence-corrected chi connectivity index (χ3v) is 2.77. The zero-order chi connectivity index (χ0) is 13.4. The first-order valence-electron chi connectivity index (χ1n) is 6.28. The molecule has 0 aliphatic carbocycles. The Hall–Kier alpha value is -1.55. The zero-order valence-electron chi connectivity index (χ0n) is 11.1. The highest BCUT2D eigenvalue weighted by Gasteiger charge is 2.07. The van der Waals surface area contributed by atoms with Gasteiger partial charge in [0.25, 0.3) is 0 Å². The molecule has 4 nitrogen and oxygen atoms in total. The van der Waals surface area contributed by atoms with E-state index in [1.165, 1.54) is 0 Å². The standard InChI is InChI=1S/C14H22N2O2/c1-11(4-3-9-15)16-14(17)10-12-5-7-13(18-2)8-6-12/h5-8,11H,3-4,9-10,15H2,1-2H3,(H,16,17). The molecule has 18 heavy (non-hydrogen) atoms. The lowest BCUT2D eigenvalue weighted by molar-refractivity contribution is -0.121. The van der Waals surface area contributed by atoms with Crippen molar-refractivity contribution in [2.75, 3.05) is 13.7 Å². The van der Waals surface area contributed by atoms with Gasteiger partial charge in [-0.3, -0.25) is 4.79 Å². The Kier molecular flexibility index (Phi) is 6.22. The Balaban J connectivity index is 2.39. The van der Waals surface area contributed by atoms with Crippen molar-refractivity contribution in [2.45, 2.75) is 32.2 Å². The predicted molar refractivity (Wildman–Crippen MR) is 72.6 cm³/mol. The van der Waals surface area contributed by atoms with Crippen LogP contribution in [0.5, 0.6) is 5.75 Å². The van der Waals surface area contributed by atoms with Crippen LogP contribution in [0.15, 0.2) is 24.3 Å². The minimum Gasteiger partial charge on any atom is -0.497 e. The van der Waals surface area contributed by atoms with Crippen LogP contribution in [0.4, 0.5) is 0 Å². The van der Waals surface area contributed by atoms with Crippen LogP contribution in [0, 0.1) is 0 Å². The van der Waals surface area contributed by atoms with Gasteiger partial charge in [0.05, 0.1) is 13.5 Å². The number of ether oxygens (including phenoxy) is 1. The average molecular weight is 250 g/mol. The van der Waals surface area contributed by atoms with Gasteiger partial charge in [-0.25, -0.2) is 0 Å². The molecule has 0 saturated carbocycles. The van der Waals surface area contributed by atoms with Gasteiger partial charge in [0, 0.05) is 6.04 Å². The van der Waals surface area contributed by atoms with Crippen molar-refractivity contribution in [3.63, 3.8) is 0 Å². The molecule has 0 bridgehead atoms. The molecule has 3 N–H and O–H groups in total. The number of carbonyl (C=O) groups excluding carboxylic acids is 1. The van der Waals surface area contributed by atoms with E-state index in [1.54, 1.807) is 7.11 Å². The lowest BCUT2D eigenvalue weighted by atomic mass is 10.1. The highest BCUT2D eigenvalue weighted by Crippen LogP contribution is 2.11. The van der Waals surface area contributed by atoms with Gasteiger partial charge in [-0.05, 0) is 44.0 Å². The molecule has 0 aliphatic rings. The highest BCUT2D eigenvalue weighted by atomic mass is 16.5. The molecule has 1 rings (SSSR count). The number of methoxy groups -OCH3 is 1. The van der Waals surface area contributed by atoms with Gasteiger partial charge < -0.3 is 15.8 Å². The zero-order valence-corrected chi connectivity index (χ0v) is 11.1. The summed E-state index contributed by atoms with van der Waals surface area (Å²) >= 11 is 0. The summed E-state index contributed by atoms with van der Waals surface area (Å²) < 4.78 is 5.07. The van der Waals surface area contributed by atoms with Gasteiger partial charge in [-0.1, -0.05) is 12.1 Å². The Bertz CT molecular complexity index is 363. The fourth-order valence-electron chi connectivity index (χ4n) is 1.75. The smallest absolute Gasteiger partial charge is 0.224 e. The Morgan fingerprint density at radius 1 is 1.39 bits per heavy atom. The van der Waals surface area contributed by atoms with Crippen molar-refractivity contribution in [1.82, 2.24) is 5.32 Å². The lowest BCUT2D eigenvalue weighted by Gasteiger charge is -2.13. The van der Waals surface area contributed by atoms with E-state index in [-0.39, 0.29) is 11.9 Å². The van der Waals surface area contributed by atoms with Crippen LogP contribution in [0.25, 0.3) is 0 Å². The maximum Gasteiger partial charge on any atom is 0.224 e. The number of benzene rings is 1. The van der Waals surface area contributed by atoms with Gasteiger partial charge in [-0.2, -0.15) is 0 Å². The third-order valence-electron chi connectivity index (χ3n) is 2.77. The summed E-state index contributed by atoms with van der Waals surface area (Å²) in [5.41, 5.74) is 6.42. The summed E-state index contributed by atoms with van der Waals surface area (Å²) in [6.07, 6.45) is 2.26. The maximum atomic E-state index is 11.8. The van der Waals surface area contributed by atoms with E-state index in [2.05, 4.69) is 5.32 Å². The van der Waals surface area contributed by atoms with Crippen molar-refractivity contribution >= 4 is 5.91 Å². The lowest BCUT2D eigenvalue weighted by Crippen LogP contribution is -2.34. The van der Waals surface area contributed by atoms with Crippen LogP contribution in [0.1, 0.15) is 25.3 Å². The summed E-state index contributed by atoms with van der Waals surface area (Å²) in [5, 5.41) is 2.97. The molecule has 1 atom stereocenters. The summed E-state index contributed by atoms with van der Waals surface area (Å²) in [6, 6.07) is 7.71. The second-order valence-electron chi connectivity index (χ2n) is 4.42. The van der Waals surface area contributed by atoms with Gasteiger partial charge in [0.1, 0.15) is 5.75 Å². The largest absolute Gasteiger partial charge is 0.497 e. The van der Waals surface area contributed by atoms with Crippen molar-refractivity contribution in [1.29, 1.82) is 0 Å². The number of rotatable bonds is 7. The summed E-state index contributed by atoms with van der Waals surface area (Å²) in [7, 11) is 1.63. The fraction of sp³-hybridized carbons (Fsp3) is 0.500. The molecule has 0 aromatic heterocycles. The van der Waals surface area contributed by atoms with E-state index >= 15 is 0 Å². The molecule has 1 aromatic carbocycles. The molecule has 1 aromatic rings. The SMILES string of the molecule is COc1ccc(CC(=O)NC(C)CCCN)cc1. The Morgan fingerprint density at radius 3 is 2.61 bits per heavy atom. The van der Waals surface area contributed by atoms with Crippen LogP contribution in [0.3, 0.4) is 0 Å². The second kappa shape index (κ2) is 7.71. The minimum atomic E-state index is 0.0460. The number of carbonyl (C=O) groups is 1. The molecule has 1 amide bonds. The molecule has 100 valence electrons. The number of hydrogen-bond donors (Lipinski definition) is 2. The van der Waals surface area contributed by atoms with Crippen LogP contribution < -0.4 is 15.8 Å². The van der Waals surface area contributed by atoms with Gasteiger partial charge in [0.15, 0.2) is 0 Å². The van der Waals surface area contributed by atoms with Gasteiger partial charge in [0.2, 0.25) is 5.91 Å². The number of nitrogens with one attached hydrogen (secondary N) is 1. The summed E-state index contributed by atoms with van der Waals surface area (Å²) in [5.74, 6) is 0.847. The minimum absolute atomic E-state index is 0.0460. The second-order valence-corrected chi connectivity index (χ2v) is 4.42. The molecular formula is C14H22N2O2. The van der Waals surface area contributed by atoms with Crippen LogP contribution >= 0.6 is 0 Å². The Morgan fingerprint density at radius 2 is 2.06 bits per heavy atom. The topological polar surface area (TPSA) is 64.3 Å². The number of amides is 1. The quantitative estimate of drug-likeness (QED) is 0.770. The molecule has 0 heterocycles. The normalized spacial score (nSPS) is 11.9. The number of hydrogen-bond acceptors (Lipinski definition) is 3. The maximum absolute atomic E-state index is 11.8. The molecule has 4 heteroatoms. The van der Waals surface area contributed by atoms with Crippen molar-refractivity contribution in [2.24, 2.45) is 5.73 Å². The fourth-order valence-corrected chi connectivity index (χ4v) is 1.75. The molecule has 0 spiro atoms. The molecule has 0 aliphatic heterocycles. The van der Waals surface area contributed by atoms with Crippen molar-refractivity contribution in [3.05, 3.63) is 29.8 Å². The molecular weight excluding hydrogens is 228 g/mol. The van der Waals surface area contributed by atoms with Crippen molar-refractivity contribution < 1.29 is 9.53 Å². The third kappa shape index (κ3) is 5.19. The van der Waals surface area contributed by atoms with E-state index in [9.17, 15) is 4.79 Å². The van der Waals surface area contributed by atoms with E-state index in [1.807, 2.05) is 31.2 Å². The average Bonchev–Trinajstić information content (AvgIpc) is 2.37. The first-order chi connectivity index (χ1) is 8.65. The summed E-state index contributed by atoms with van der Waals surface area (Å²) in [4.78, 5) is 11.8. The summed E-state index contributed by atoms with van der Waals surface area (Å²) in [6.45, 7) is 2.67. The van der Waals surface area contributed by atoms with Crippen LogP contribution in [-0.4, -0.2) is 25.6 Å². The van der Waals surface area contributed by atoms with Crippen LogP contribution in [-0.2, 0) is 11.2 Å². The van der Waals surface area contributed by atoms with E-state index in [0.717, 1.165) is 24.2 Å². The molecule has 1 unspecified atom stereocenters.